The summed E-state index contributed by atoms with van der Waals surface area (Å²) >= 11 is 0. The number of amides is 1. The van der Waals surface area contributed by atoms with Crippen LogP contribution in [0.4, 0.5) is 0 Å². The smallest absolute Gasteiger partial charge is 0.255 e. The lowest BCUT2D eigenvalue weighted by Crippen LogP contribution is -2.36. The van der Waals surface area contributed by atoms with Gasteiger partial charge in [0.1, 0.15) is 17.1 Å². The first-order valence-electron chi connectivity index (χ1n) is 10.8. The molecule has 1 aliphatic rings. The molecule has 1 aromatic heterocycles. The molecule has 1 fully saturated rings. The van der Waals surface area contributed by atoms with Crippen LogP contribution in [0.15, 0.2) is 46.9 Å². The van der Waals surface area contributed by atoms with Crippen LogP contribution in [-0.4, -0.2) is 29.0 Å². The zero-order chi connectivity index (χ0) is 21.1. The second kappa shape index (κ2) is 8.92. The summed E-state index contributed by atoms with van der Waals surface area (Å²) in [4.78, 5) is 15.3. The Morgan fingerprint density at radius 2 is 1.83 bits per heavy atom. The number of fused-ring (bicyclic) bond motifs is 1. The van der Waals surface area contributed by atoms with Crippen molar-refractivity contribution in [2.24, 2.45) is 0 Å². The lowest BCUT2D eigenvalue weighted by atomic mass is 9.95. The van der Waals surface area contributed by atoms with Gasteiger partial charge in [0.05, 0.1) is 5.56 Å². The minimum Gasteiger partial charge on any atom is -0.508 e. The number of nitrogens with one attached hydrogen (secondary N) is 1. The summed E-state index contributed by atoms with van der Waals surface area (Å²) in [6.45, 7) is 3.09. The Morgan fingerprint density at radius 3 is 2.57 bits per heavy atom. The van der Waals surface area contributed by atoms with Gasteiger partial charge < -0.3 is 14.8 Å². The van der Waals surface area contributed by atoms with E-state index in [1.165, 1.54) is 12.0 Å². The number of carbonyl (C=O) groups excluding carboxylic acids is 1. The molecule has 5 nitrogen and oxygen atoms in total. The molecule has 0 spiro atoms. The highest BCUT2D eigenvalue weighted by atomic mass is 16.3. The van der Waals surface area contributed by atoms with Crippen LogP contribution in [0.2, 0.25) is 0 Å². The minimum atomic E-state index is -0.101. The normalized spacial score (nSPS) is 15.0. The van der Waals surface area contributed by atoms with Crippen LogP contribution in [0.3, 0.4) is 0 Å². The molecule has 158 valence electrons. The molecule has 1 aliphatic carbocycles. The van der Waals surface area contributed by atoms with Gasteiger partial charge in [0.15, 0.2) is 0 Å². The topological polar surface area (TPSA) is 65.7 Å². The summed E-state index contributed by atoms with van der Waals surface area (Å²) in [6.07, 6.45) is 5.61. The maximum atomic E-state index is 13.2. The maximum absolute atomic E-state index is 13.2. The van der Waals surface area contributed by atoms with E-state index < -0.39 is 0 Å². The second-order valence-corrected chi connectivity index (χ2v) is 8.44. The molecular formula is C25H30N2O3. The van der Waals surface area contributed by atoms with Gasteiger partial charge in [0, 0.05) is 30.1 Å². The quantitative estimate of drug-likeness (QED) is 0.595. The van der Waals surface area contributed by atoms with Gasteiger partial charge in [-0.2, -0.15) is 0 Å². The highest BCUT2D eigenvalue weighted by Gasteiger charge is 2.25. The van der Waals surface area contributed by atoms with Crippen LogP contribution in [0, 0.1) is 6.92 Å². The lowest BCUT2D eigenvalue weighted by Gasteiger charge is -2.23. The molecule has 2 N–H and O–H groups in total. The van der Waals surface area contributed by atoms with Gasteiger partial charge in [0.25, 0.3) is 5.91 Å². The maximum Gasteiger partial charge on any atom is 0.255 e. The third-order valence-electron chi connectivity index (χ3n) is 6.01. The highest BCUT2D eigenvalue weighted by Crippen LogP contribution is 2.35. The van der Waals surface area contributed by atoms with Crippen molar-refractivity contribution < 1.29 is 14.3 Å². The summed E-state index contributed by atoms with van der Waals surface area (Å²) in [6, 6.07) is 13.8. The molecule has 1 heterocycles. The van der Waals surface area contributed by atoms with Crippen LogP contribution < -0.4 is 5.32 Å². The number of aromatic hydroxyl groups is 1. The number of carbonyl (C=O) groups is 1. The number of hydrogen-bond acceptors (Lipinski definition) is 4. The Labute approximate surface area is 177 Å². The molecule has 0 bridgehead atoms. The summed E-state index contributed by atoms with van der Waals surface area (Å²) in [5, 5.41) is 14.6. The summed E-state index contributed by atoms with van der Waals surface area (Å²) in [5.41, 5.74) is 3.12. The zero-order valence-corrected chi connectivity index (χ0v) is 17.8. The molecule has 3 aromatic rings. The van der Waals surface area contributed by atoms with Crippen molar-refractivity contribution in [2.75, 3.05) is 7.05 Å². The van der Waals surface area contributed by atoms with Crippen molar-refractivity contribution in [2.45, 2.75) is 58.2 Å². The Balaban J connectivity index is 1.63. The zero-order valence-electron chi connectivity index (χ0n) is 17.8. The van der Waals surface area contributed by atoms with Crippen molar-refractivity contribution in [1.29, 1.82) is 0 Å². The van der Waals surface area contributed by atoms with Gasteiger partial charge in [0.2, 0.25) is 0 Å². The average Bonchev–Trinajstić information content (AvgIpc) is 3.08. The van der Waals surface area contributed by atoms with Gasteiger partial charge in [-0.3, -0.25) is 9.69 Å². The van der Waals surface area contributed by atoms with Crippen molar-refractivity contribution >= 4 is 16.9 Å². The van der Waals surface area contributed by atoms with Crippen molar-refractivity contribution in [3.8, 4) is 5.75 Å². The Kier molecular flexibility index (Phi) is 6.09. The van der Waals surface area contributed by atoms with Crippen molar-refractivity contribution in [3.05, 3.63) is 64.9 Å². The molecule has 1 saturated carbocycles. The van der Waals surface area contributed by atoms with Gasteiger partial charge in [-0.1, -0.05) is 49.6 Å². The third-order valence-corrected chi connectivity index (χ3v) is 6.01. The average molecular weight is 407 g/mol. The Bertz CT molecular complexity index is 1020. The van der Waals surface area contributed by atoms with Crippen LogP contribution in [0.5, 0.6) is 5.75 Å². The van der Waals surface area contributed by atoms with Crippen LogP contribution in [-0.2, 0) is 13.1 Å². The first kappa shape index (κ1) is 20.5. The number of nitrogens with zero attached hydrogens (tertiary/aromatic N) is 1. The molecule has 0 atom stereocenters. The first-order chi connectivity index (χ1) is 14.5. The van der Waals surface area contributed by atoms with E-state index in [-0.39, 0.29) is 17.7 Å². The fourth-order valence-corrected chi connectivity index (χ4v) is 4.53. The first-order valence-corrected chi connectivity index (χ1v) is 10.8. The fourth-order valence-electron chi connectivity index (χ4n) is 4.53. The van der Waals surface area contributed by atoms with Crippen LogP contribution in [0.1, 0.15) is 59.3 Å². The second-order valence-electron chi connectivity index (χ2n) is 8.44. The van der Waals surface area contributed by atoms with Gasteiger partial charge >= 0.3 is 0 Å². The van der Waals surface area contributed by atoms with Crippen LogP contribution in [0.25, 0.3) is 11.0 Å². The van der Waals surface area contributed by atoms with Gasteiger partial charge in [-0.05, 0) is 44.5 Å². The molecule has 5 heteroatoms. The molecular weight excluding hydrogens is 376 g/mol. The fraction of sp³-hybridized carbons (Fsp3) is 0.400. The van der Waals surface area contributed by atoms with Gasteiger partial charge in [-0.25, -0.2) is 0 Å². The van der Waals surface area contributed by atoms with E-state index >= 15 is 0 Å². The number of aryl methyl sites for hydroxylation is 1. The summed E-state index contributed by atoms with van der Waals surface area (Å²) in [7, 11) is 2.01. The molecule has 2 aromatic carbocycles. The number of phenolic OH excluding ortho intramolecular Hbond substituents is 1. The Hall–Kier alpha value is -2.79. The third kappa shape index (κ3) is 4.36. The van der Waals surface area contributed by atoms with Crippen LogP contribution >= 0.6 is 0 Å². The molecule has 0 unspecified atom stereocenters. The summed E-state index contributed by atoms with van der Waals surface area (Å²) < 4.78 is 5.91. The van der Waals surface area contributed by atoms with E-state index in [1.807, 2.05) is 32.2 Å². The predicted molar refractivity (Wildman–Crippen MR) is 119 cm³/mol. The SMILES string of the molecule is Cc1oc2ccc(O)c(CN(C)Cc3ccccc3)c2c1C(=O)NC1CCCCC1. The van der Waals surface area contributed by atoms with E-state index in [4.69, 9.17) is 4.42 Å². The molecule has 4 rings (SSSR count). The standard InChI is InChI=1S/C25H30N2O3/c1-17-23(25(29)26-19-11-7-4-8-12-19)24-20(21(28)13-14-22(24)30-17)16-27(2)15-18-9-5-3-6-10-18/h3,5-6,9-10,13-14,19,28H,4,7-8,11-12,15-16H2,1-2H3,(H,26,29). The number of furan rings is 1. The monoisotopic (exact) mass is 406 g/mol. The van der Waals surface area contributed by atoms with E-state index in [0.717, 1.165) is 43.2 Å². The molecule has 0 radical (unpaired) electrons. The number of benzene rings is 2. The van der Waals surface area contributed by atoms with E-state index in [0.29, 0.717) is 23.5 Å². The lowest BCUT2D eigenvalue weighted by molar-refractivity contribution is 0.0927. The Morgan fingerprint density at radius 1 is 1.10 bits per heavy atom. The molecule has 0 saturated heterocycles. The largest absolute Gasteiger partial charge is 0.508 e. The number of phenols is 1. The number of hydrogen-bond donors (Lipinski definition) is 2. The summed E-state index contributed by atoms with van der Waals surface area (Å²) in [5.74, 6) is 0.682. The molecule has 30 heavy (non-hydrogen) atoms. The van der Waals surface area contributed by atoms with Gasteiger partial charge in [-0.15, -0.1) is 0 Å². The number of rotatable bonds is 6. The van der Waals surface area contributed by atoms with E-state index in [9.17, 15) is 9.90 Å². The van der Waals surface area contributed by atoms with Crippen molar-refractivity contribution in [3.63, 3.8) is 0 Å². The van der Waals surface area contributed by atoms with E-state index in [2.05, 4.69) is 22.3 Å². The predicted octanol–water partition coefficient (Wildman–Crippen LogP) is 5.14. The highest BCUT2D eigenvalue weighted by molar-refractivity contribution is 6.09. The van der Waals surface area contributed by atoms with E-state index in [1.54, 1.807) is 12.1 Å². The minimum absolute atomic E-state index is 0.101. The van der Waals surface area contributed by atoms with Crippen molar-refractivity contribution in [1.82, 2.24) is 10.2 Å². The molecule has 1 amide bonds. The molecule has 0 aliphatic heterocycles.